The van der Waals surface area contributed by atoms with Gasteiger partial charge in [-0.05, 0) is 62.4 Å². The molecule has 1 heterocycles. The molecule has 2 rings (SSSR count). The van der Waals surface area contributed by atoms with E-state index in [0.29, 0.717) is 0 Å². The molecule has 2 fully saturated rings. The molecule has 2 aliphatic rings. The summed E-state index contributed by atoms with van der Waals surface area (Å²) in [6, 6.07) is 0. The molecule has 0 aromatic carbocycles. The molecular weight excluding hydrogens is 222 g/mol. The Hall–Kier alpha value is -0.0800. The summed E-state index contributed by atoms with van der Waals surface area (Å²) in [6.07, 6.45) is 8.48. The first-order chi connectivity index (χ1) is 8.75. The van der Waals surface area contributed by atoms with E-state index >= 15 is 0 Å². The molecule has 1 aliphatic carbocycles. The van der Waals surface area contributed by atoms with Crippen LogP contribution in [0, 0.1) is 23.7 Å². The van der Waals surface area contributed by atoms with Crippen molar-refractivity contribution in [3.63, 3.8) is 0 Å². The molecule has 0 radical (unpaired) electrons. The summed E-state index contributed by atoms with van der Waals surface area (Å²) in [7, 11) is 0. The van der Waals surface area contributed by atoms with Gasteiger partial charge in [0, 0.05) is 13.2 Å². The first-order valence-corrected chi connectivity index (χ1v) is 8.04. The SMILES string of the molecule is CC(C)CNCC1CCCC1CC1CCOCC1. The highest BCUT2D eigenvalue weighted by atomic mass is 16.5. The molecule has 1 aliphatic heterocycles. The van der Waals surface area contributed by atoms with Crippen molar-refractivity contribution < 1.29 is 4.74 Å². The van der Waals surface area contributed by atoms with E-state index in [1.54, 1.807) is 0 Å². The van der Waals surface area contributed by atoms with Gasteiger partial charge in [0.2, 0.25) is 0 Å². The van der Waals surface area contributed by atoms with Crippen LogP contribution >= 0.6 is 0 Å². The molecule has 18 heavy (non-hydrogen) atoms. The van der Waals surface area contributed by atoms with E-state index in [1.807, 2.05) is 0 Å². The monoisotopic (exact) mass is 253 g/mol. The Labute approximate surface area is 113 Å². The molecule has 1 N–H and O–H groups in total. The summed E-state index contributed by atoms with van der Waals surface area (Å²) in [6.45, 7) is 9.04. The van der Waals surface area contributed by atoms with Gasteiger partial charge in [-0.2, -0.15) is 0 Å². The highest BCUT2D eigenvalue weighted by Gasteiger charge is 2.29. The van der Waals surface area contributed by atoms with E-state index in [9.17, 15) is 0 Å². The summed E-state index contributed by atoms with van der Waals surface area (Å²) in [5, 5.41) is 3.67. The average Bonchev–Trinajstić information content (AvgIpc) is 2.78. The summed E-state index contributed by atoms with van der Waals surface area (Å²) >= 11 is 0. The van der Waals surface area contributed by atoms with Crippen LogP contribution in [-0.2, 0) is 4.74 Å². The Morgan fingerprint density at radius 2 is 1.78 bits per heavy atom. The predicted molar refractivity (Wildman–Crippen MR) is 76.7 cm³/mol. The summed E-state index contributed by atoms with van der Waals surface area (Å²) < 4.78 is 5.47. The van der Waals surface area contributed by atoms with E-state index in [2.05, 4.69) is 19.2 Å². The van der Waals surface area contributed by atoms with Gasteiger partial charge in [0.05, 0.1) is 0 Å². The highest BCUT2D eigenvalue weighted by Crippen LogP contribution is 2.37. The lowest BCUT2D eigenvalue weighted by molar-refractivity contribution is 0.0562. The minimum Gasteiger partial charge on any atom is -0.381 e. The molecule has 2 heteroatoms. The number of hydrogen-bond acceptors (Lipinski definition) is 2. The van der Waals surface area contributed by atoms with Crippen molar-refractivity contribution in [3.8, 4) is 0 Å². The first kappa shape index (κ1) is 14.3. The van der Waals surface area contributed by atoms with Crippen molar-refractivity contribution in [2.24, 2.45) is 23.7 Å². The largest absolute Gasteiger partial charge is 0.381 e. The molecule has 0 bridgehead atoms. The number of rotatable bonds is 6. The van der Waals surface area contributed by atoms with Gasteiger partial charge in [0.25, 0.3) is 0 Å². The van der Waals surface area contributed by atoms with Crippen LogP contribution in [0.5, 0.6) is 0 Å². The highest BCUT2D eigenvalue weighted by molar-refractivity contribution is 4.82. The van der Waals surface area contributed by atoms with Gasteiger partial charge < -0.3 is 10.1 Å². The van der Waals surface area contributed by atoms with Crippen molar-refractivity contribution in [2.75, 3.05) is 26.3 Å². The van der Waals surface area contributed by atoms with Crippen molar-refractivity contribution in [1.82, 2.24) is 5.32 Å². The van der Waals surface area contributed by atoms with Crippen molar-refractivity contribution in [3.05, 3.63) is 0 Å². The number of nitrogens with one attached hydrogen (secondary N) is 1. The Morgan fingerprint density at radius 3 is 2.50 bits per heavy atom. The molecule has 0 amide bonds. The van der Waals surface area contributed by atoms with Crippen LogP contribution in [0.4, 0.5) is 0 Å². The Bertz CT molecular complexity index is 223. The van der Waals surface area contributed by atoms with E-state index in [0.717, 1.165) is 36.9 Å². The molecule has 0 aromatic rings. The molecule has 0 spiro atoms. The summed E-state index contributed by atoms with van der Waals surface area (Å²) in [5.41, 5.74) is 0. The fourth-order valence-corrected chi connectivity index (χ4v) is 3.66. The van der Waals surface area contributed by atoms with Gasteiger partial charge in [-0.25, -0.2) is 0 Å². The summed E-state index contributed by atoms with van der Waals surface area (Å²) in [4.78, 5) is 0. The Morgan fingerprint density at radius 1 is 1.06 bits per heavy atom. The molecule has 2 nitrogen and oxygen atoms in total. The molecule has 0 aromatic heterocycles. The topological polar surface area (TPSA) is 21.3 Å². The maximum Gasteiger partial charge on any atom is 0.0468 e. The van der Waals surface area contributed by atoms with Crippen LogP contribution in [0.2, 0.25) is 0 Å². The lowest BCUT2D eigenvalue weighted by Crippen LogP contribution is -2.29. The van der Waals surface area contributed by atoms with Gasteiger partial charge >= 0.3 is 0 Å². The number of ether oxygens (including phenoxy) is 1. The second-order valence-electron chi connectivity index (χ2n) is 6.79. The minimum absolute atomic E-state index is 0.778. The van der Waals surface area contributed by atoms with Crippen LogP contribution < -0.4 is 5.32 Å². The third-order valence-electron chi connectivity index (χ3n) is 4.75. The maximum absolute atomic E-state index is 5.47. The van der Waals surface area contributed by atoms with Crippen LogP contribution in [-0.4, -0.2) is 26.3 Å². The average molecular weight is 253 g/mol. The van der Waals surface area contributed by atoms with Gasteiger partial charge in [-0.15, -0.1) is 0 Å². The smallest absolute Gasteiger partial charge is 0.0468 e. The fourth-order valence-electron chi connectivity index (χ4n) is 3.66. The van der Waals surface area contributed by atoms with Crippen LogP contribution in [0.3, 0.4) is 0 Å². The van der Waals surface area contributed by atoms with Crippen LogP contribution in [0.25, 0.3) is 0 Å². The number of hydrogen-bond donors (Lipinski definition) is 1. The van der Waals surface area contributed by atoms with Gasteiger partial charge in [0.1, 0.15) is 0 Å². The molecule has 1 saturated heterocycles. The molecular formula is C16H31NO. The fraction of sp³-hybridized carbons (Fsp3) is 1.00. The molecule has 2 atom stereocenters. The maximum atomic E-state index is 5.47. The second kappa shape index (κ2) is 7.49. The minimum atomic E-state index is 0.778. The second-order valence-corrected chi connectivity index (χ2v) is 6.79. The third-order valence-corrected chi connectivity index (χ3v) is 4.75. The summed E-state index contributed by atoms with van der Waals surface area (Å²) in [5.74, 6) is 3.68. The third kappa shape index (κ3) is 4.55. The Kier molecular flexibility index (Phi) is 5.97. The zero-order chi connectivity index (χ0) is 12.8. The van der Waals surface area contributed by atoms with Crippen LogP contribution in [0.1, 0.15) is 52.4 Å². The van der Waals surface area contributed by atoms with Gasteiger partial charge in [0.15, 0.2) is 0 Å². The Balaban J connectivity index is 1.69. The lowest BCUT2D eigenvalue weighted by atomic mass is 9.83. The molecule has 106 valence electrons. The first-order valence-electron chi connectivity index (χ1n) is 8.04. The van der Waals surface area contributed by atoms with E-state index in [4.69, 9.17) is 4.74 Å². The quantitative estimate of drug-likeness (QED) is 0.782. The zero-order valence-corrected chi connectivity index (χ0v) is 12.3. The van der Waals surface area contributed by atoms with Gasteiger partial charge in [-0.1, -0.05) is 26.7 Å². The normalized spacial score (nSPS) is 30.2. The van der Waals surface area contributed by atoms with Crippen molar-refractivity contribution in [1.29, 1.82) is 0 Å². The van der Waals surface area contributed by atoms with E-state index in [-0.39, 0.29) is 0 Å². The van der Waals surface area contributed by atoms with Crippen LogP contribution in [0.15, 0.2) is 0 Å². The molecule has 1 saturated carbocycles. The lowest BCUT2D eigenvalue weighted by Gasteiger charge is -2.28. The van der Waals surface area contributed by atoms with Gasteiger partial charge in [-0.3, -0.25) is 0 Å². The van der Waals surface area contributed by atoms with E-state index in [1.165, 1.54) is 51.6 Å². The van der Waals surface area contributed by atoms with Crippen molar-refractivity contribution in [2.45, 2.75) is 52.4 Å². The van der Waals surface area contributed by atoms with Crippen molar-refractivity contribution >= 4 is 0 Å². The van der Waals surface area contributed by atoms with E-state index < -0.39 is 0 Å². The molecule has 2 unspecified atom stereocenters. The standard InChI is InChI=1S/C16H31NO/c1-13(2)11-17-12-16-5-3-4-15(16)10-14-6-8-18-9-7-14/h13-17H,3-12H2,1-2H3. The zero-order valence-electron chi connectivity index (χ0n) is 12.3. The predicted octanol–water partition coefficient (Wildman–Crippen LogP) is 3.47.